The molecule has 4 nitrogen and oxygen atoms in total. The van der Waals surface area contributed by atoms with Crippen LogP contribution in [0.5, 0.6) is 0 Å². The minimum atomic E-state index is -0.710. The van der Waals surface area contributed by atoms with Crippen LogP contribution < -0.4 is 0 Å². The van der Waals surface area contributed by atoms with Crippen molar-refractivity contribution in [3.63, 3.8) is 0 Å². The molecular weight excluding hydrogens is 220 g/mol. The van der Waals surface area contributed by atoms with Gasteiger partial charge in [0.1, 0.15) is 5.60 Å². The average molecular weight is 242 g/mol. The van der Waals surface area contributed by atoms with Crippen molar-refractivity contribution in [2.24, 2.45) is 11.3 Å². The topological polar surface area (TPSA) is 52.6 Å². The summed E-state index contributed by atoms with van der Waals surface area (Å²) in [4.78, 5) is 23.3. The summed E-state index contributed by atoms with van der Waals surface area (Å²) in [5.41, 5.74) is -1.14. The van der Waals surface area contributed by atoms with Gasteiger partial charge in [-0.1, -0.05) is 13.8 Å². The first-order valence-electron chi connectivity index (χ1n) is 6.04. The molecule has 1 aliphatic rings. The number of hydrogen-bond acceptors (Lipinski definition) is 4. The maximum absolute atomic E-state index is 12.1. The molecule has 0 bridgehead atoms. The maximum Gasteiger partial charge on any atom is 0.312 e. The monoisotopic (exact) mass is 242 g/mol. The number of hydrogen-bond donors (Lipinski definition) is 0. The molecule has 4 heteroatoms. The highest BCUT2D eigenvalue weighted by Gasteiger charge is 2.48. The van der Waals surface area contributed by atoms with Gasteiger partial charge in [0.05, 0.1) is 18.9 Å². The van der Waals surface area contributed by atoms with E-state index in [9.17, 15) is 9.59 Å². The zero-order chi connectivity index (χ0) is 13.3. The van der Waals surface area contributed by atoms with Gasteiger partial charge in [0.2, 0.25) is 0 Å². The number of methoxy groups -OCH3 is 1. The lowest BCUT2D eigenvalue weighted by Crippen LogP contribution is -2.48. The number of carbonyl (C=O) groups is 2. The van der Waals surface area contributed by atoms with Gasteiger partial charge in [-0.25, -0.2) is 0 Å². The van der Waals surface area contributed by atoms with Crippen molar-refractivity contribution in [3.8, 4) is 0 Å². The van der Waals surface area contributed by atoms with Crippen LogP contribution in [0.1, 0.15) is 47.0 Å². The molecule has 1 heterocycles. The van der Waals surface area contributed by atoms with Crippen LogP contribution in [0.2, 0.25) is 0 Å². The third-order valence-electron chi connectivity index (χ3n) is 4.00. The minimum absolute atomic E-state index is 0.128. The van der Waals surface area contributed by atoms with Crippen LogP contribution in [-0.2, 0) is 19.1 Å². The van der Waals surface area contributed by atoms with Gasteiger partial charge in [-0.3, -0.25) is 9.59 Å². The van der Waals surface area contributed by atoms with Gasteiger partial charge in [-0.05, 0) is 32.6 Å². The predicted octanol–water partition coefficient (Wildman–Crippen LogP) is 2.31. The molecule has 1 rings (SSSR count). The third-order valence-corrected chi connectivity index (χ3v) is 4.00. The number of ether oxygens (including phenoxy) is 2. The summed E-state index contributed by atoms with van der Waals surface area (Å²) < 4.78 is 10.1. The standard InChI is InChI=1S/C13H22O4/c1-9(2)13(4)7-6-12(3,17-11(13)15)8-10(14)16-5/h9H,6-8H2,1-5H3. The van der Waals surface area contributed by atoms with Gasteiger partial charge < -0.3 is 9.47 Å². The molecule has 0 amide bonds. The molecule has 0 saturated carbocycles. The first-order chi connectivity index (χ1) is 7.73. The van der Waals surface area contributed by atoms with Crippen molar-refractivity contribution < 1.29 is 19.1 Å². The van der Waals surface area contributed by atoms with Crippen molar-refractivity contribution in [1.29, 1.82) is 0 Å². The van der Waals surface area contributed by atoms with Gasteiger partial charge in [-0.2, -0.15) is 0 Å². The first kappa shape index (κ1) is 14.0. The predicted molar refractivity (Wildman–Crippen MR) is 63.3 cm³/mol. The molecule has 98 valence electrons. The van der Waals surface area contributed by atoms with Gasteiger partial charge >= 0.3 is 11.9 Å². The van der Waals surface area contributed by atoms with Crippen molar-refractivity contribution >= 4 is 11.9 Å². The molecular formula is C13H22O4. The zero-order valence-corrected chi connectivity index (χ0v) is 11.3. The zero-order valence-electron chi connectivity index (χ0n) is 11.3. The summed E-state index contributed by atoms with van der Waals surface area (Å²) in [6.45, 7) is 7.76. The van der Waals surface area contributed by atoms with Crippen molar-refractivity contribution in [3.05, 3.63) is 0 Å². The van der Waals surface area contributed by atoms with Gasteiger partial charge in [0, 0.05) is 0 Å². The second kappa shape index (κ2) is 4.67. The lowest BCUT2D eigenvalue weighted by Gasteiger charge is -2.43. The lowest BCUT2D eigenvalue weighted by atomic mass is 9.71. The lowest BCUT2D eigenvalue weighted by molar-refractivity contribution is -0.188. The molecule has 0 radical (unpaired) electrons. The fourth-order valence-corrected chi connectivity index (χ4v) is 2.04. The highest BCUT2D eigenvalue weighted by Crippen LogP contribution is 2.43. The second-order valence-corrected chi connectivity index (χ2v) is 5.66. The Hall–Kier alpha value is -1.06. The maximum atomic E-state index is 12.1. The number of esters is 2. The van der Waals surface area contributed by atoms with Crippen molar-refractivity contribution in [1.82, 2.24) is 0 Å². The Morgan fingerprint density at radius 1 is 1.41 bits per heavy atom. The largest absolute Gasteiger partial charge is 0.469 e. The van der Waals surface area contributed by atoms with Gasteiger partial charge in [0.15, 0.2) is 0 Å². The molecule has 1 saturated heterocycles. The summed E-state index contributed by atoms with van der Waals surface area (Å²) in [5.74, 6) is -0.309. The van der Waals surface area contributed by atoms with E-state index in [1.54, 1.807) is 6.92 Å². The van der Waals surface area contributed by atoms with E-state index in [0.29, 0.717) is 6.42 Å². The molecule has 0 spiro atoms. The van der Waals surface area contributed by atoms with E-state index in [4.69, 9.17) is 4.74 Å². The van der Waals surface area contributed by atoms with Gasteiger partial charge in [0.25, 0.3) is 0 Å². The fraction of sp³-hybridized carbons (Fsp3) is 0.846. The van der Waals surface area contributed by atoms with Crippen LogP contribution in [0.25, 0.3) is 0 Å². The third kappa shape index (κ3) is 2.79. The van der Waals surface area contributed by atoms with Crippen LogP contribution in [0.15, 0.2) is 0 Å². The molecule has 2 unspecified atom stereocenters. The molecule has 0 aromatic rings. The number of carbonyl (C=O) groups excluding carboxylic acids is 2. The van der Waals surface area contributed by atoms with E-state index in [2.05, 4.69) is 4.74 Å². The smallest absolute Gasteiger partial charge is 0.312 e. The molecule has 0 N–H and O–H groups in total. The Kier molecular flexibility index (Phi) is 3.84. The quantitative estimate of drug-likeness (QED) is 0.713. The summed E-state index contributed by atoms with van der Waals surface area (Å²) >= 11 is 0. The van der Waals surface area contributed by atoms with E-state index in [-0.39, 0.29) is 24.3 Å². The fourth-order valence-electron chi connectivity index (χ4n) is 2.04. The molecule has 2 atom stereocenters. The average Bonchev–Trinajstić information content (AvgIpc) is 2.23. The van der Waals surface area contributed by atoms with E-state index in [0.717, 1.165) is 6.42 Å². The number of cyclic esters (lactones) is 1. The Bertz CT molecular complexity index is 323. The molecule has 0 aromatic carbocycles. The summed E-state index contributed by atoms with van der Waals surface area (Å²) in [6, 6.07) is 0. The van der Waals surface area contributed by atoms with Crippen LogP contribution in [0, 0.1) is 11.3 Å². The van der Waals surface area contributed by atoms with E-state index in [1.165, 1.54) is 7.11 Å². The van der Waals surface area contributed by atoms with Crippen LogP contribution >= 0.6 is 0 Å². The van der Waals surface area contributed by atoms with Crippen molar-refractivity contribution in [2.45, 2.75) is 52.6 Å². The minimum Gasteiger partial charge on any atom is -0.469 e. The van der Waals surface area contributed by atoms with Crippen molar-refractivity contribution in [2.75, 3.05) is 7.11 Å². The van der Waals surface area contributed by atoms with Crippen LogP contribution in [-0.4, -0.2) is 24.6 Å². The Morgan fingerprint density at radius 3 is 2.41 bits per heavy atom. The van der Waals surface area contributed by atoms with Crippen LogP contribution in [0.4, 0.5) is 0 Å². The molecule has 17 heavy (non-hydrogen) atoms. The Balaban J connectivity index is 2.75. The van der Waals surface area contributed by atoms with E-state index < -0.39 is 11.0 Å². The summed E-state index contributed by atoms with van der Waals surface area (Å²) in [6.07, 6.45) is 1.57. The molecule has 1 fully saturated rings. The molecule has 0 aliphatic carbocycles. The van der Waals surface area contributed by atoms with E-state index >= 15 is 0 Å². The SMILES string of the molecule is COC(=O)CC1(C)CCC(C)(C(C)C)C(=O)O1. The first-order valence-corrected chi connectivity index (χ1v) is 6.04. The summed E-state index contributed by atoms with van der Waals surface area (Å²) in [5, 5.41) is 0. The van der Waals surface area contributed by atoms with Gasteiger partial charge in [-0.15, -0.1) is 0 Å². The normalized spacial score (nSPS) is 33.4. The highest BCUT2D eigenvalue weighted by molar-refractivity contribution is 5.79. The van der Waals surface area contributed by atoms with Crippen LogP contribution in [0.3, 0.4) is 0 Å². The number of rotatable bonds is 3. The van der Waals surface area contributed by atoms with E-state index in [1.807, 2.05) is 20.8 Å². The Labute approximate surface area is 103 Å². The molecule has 0 aromatic heterocycles. The molecule has 1 aliphatic heterocycles. The second-order valence-electron chi connectivity index (χ2n) is 5.66. The Morgan fingerprint density at radius 2 is 2.00 bits per heavy atom. The summed E-state index contributed by atoms with van der Waals surface area (Å²) in [7, 11) is 1.34. The highest BCUT2D eigenvalue weighted by atomic mass is 16.6.